The molecule has 1 aromatic rings. The number of urea groups is 1. The van der Waals surface area contributed by atoms with E-state index < -0.39 is 37.2 Å². The number of halogens is 3. The molecule has 6 nitrogen and oxygen atoms in total. The highest BCUT2D eigenvalue weighted by molar-refractivity contribution is 5.83. The number of aryl methyl sites for hydroxylation is 1. The third-order valence-electron chi connectivity index (χ3n) is 2.78. The van der Waals surface area contributed by atoms with E-state index in [4.69, 9.17) is 4.42 Å². The fourth-order valence-corrected chi connectivity index (χ4v) is 1.65. The molecule has 0 radical (unpaired) electrons. The normalized spacial score (nSPS) is 12.6. The number of hydrogen-bond donors (Lipinski definition) is 2. The van der Waals surface area contributed by atoms with Gasteiger partial charge in [0.25, 0.3) is 0 Å². The Bertz CT molecular complexity index is 528. The van der Waals surface area contributed by atoms with E-state index in [2.05, 4.69) is 10.6 Å². The van der Waals surface area contributed by atoms with Gasteiger partial charge in [-0.15, -0.1) is 0 Å². The standard InChI is InChI=1S/C13H18F3N3O3/c1-8-4-5-10(22-8)9(2)18-12(21)17-6-11(20)19(3)7-13(14,15)16/h4-5,9H,6-7H2,1-3H3,(H2,17,18,21). The lowest BCUT2D eigenvalue weighted by molar-refractivity contribution is -0.157. The minimum absolute atomic E-state index is 0.434. The van der Waals surface area contributed by atoms with Crippen LogP contribution < -0.4 is 10.6 Å². The van der Waals surface area contributed by atoms with Crippen molar-refractivity contribution in [1.29, 1.82) is 0 Å². The van der Waals surface area contributed by atoms with E-state index in [-0.39, 0.29) is 0 Å². The number of carbonyl (C=O) groups excluding carboxylic acids is 2. The molecule has 9 heteroatoms. The van der Waals surface area contributed by atoms with Crippen LogP contribution in [0, 0.1) is 6.92 Å². The van der Waals surface area contributed by atoms with Crippen molar-refractivity contribution in [2.75, 3.05) is 20.1 Å². The Morgan fingerprint density at radius 1 is 1.36 bits per heavy atom. The van der Waals surface area contributed by atoms with Gasteiger partial charge in [-0.3, -0.25) is 4.79 Å². The summed E-state index contributed by atoms with van der Waals surface area (Å²) in [5.41, 5.74) is 0. The summed E-state index contributed by atoms with van der Waals surface area (Å²) in [6, 6.07) is 2.33. The van der Waals surface area contributed by atoms with E-state index in [9.17, 15) is 22.8 Å². The number of hydrogen-bond acceptors (Lipinski definition) is 3. The van der Waals surface area contributed by atoms with Gasteiger partial charge in [0.05, 0.1) is 12.6 Å². The molecule has 0 aromatic carbocycles. The van der Waals surface area contributed by atoms with E-state index in [1.54, 1.807) is 26.0 Å². The van der Waals surface area contributed by atoms with Crippen molar-refractivity contribution in [3.63, 3.8) is 0 Å². The summed E-state index contributed by atoms with van der Waals surface area (Å²) in [7, 11) is 1.02. The van der Waals surface area contributed by atoms with Crippen LogP contribution in [0.25, 0.3) is 0 Å². The highest BCUT2D eigenvalue weighted by atomic mass is 19.4. The molecule has 0 bridgehead atoms. The molecule has 1 aromatic heterocycles. The van der Waals surface area contributed by atoms with Crippen molar-refractivity contribution < 1.29 is 27.2 Å². The third kappa shape index (κ3) is 6.06. The second kappa shape index (κ2) is 7.19. The Hall–Kier alpha value is -2.19. The molecule has 0 spiro atoms. The van der Waals surface area contributed by atoms with E-state index in [1.807, 2.05) is 0 Å². The van der Waals surface area contributed by atoms with Gasteiger partial charge in [-0.25, -0.2) is 4.79 Å². The van der Waals surface area contributed by atoms with Crippen LogP contribution in [0.15, 0.2) is 16.5 Å². The molecule has 0 aliphatic carbocycles. The fourth-order valence-electron chi connectivity index (χ4n) is 1.65. The summed E-state index contributed by atoms with van der Waals surface area (Å²) in [6.45, 7) is 1.54. The maximum absolute atomic E-state index is 12.1. The second-order valence-corrected chi connectivity index (χ2v) is 4.86. The maximum atomic E-state index is 12.1. The molecule has 3 amide bonds. The summed E-state index contributed by atoms with van der Waals surface area (Å²) < 4.78 is 41.7. The van der Waals surface area contributed by atoms with E-state index in [0.29, 0.717) is 16.4 Å². The van der Waals surface area contributed by atoms with Gasteiger partial charge < -0.3 is 20.0 Å². The van der Waals surface area contributed by atoms with Crippen LogP contribution >= 0.6 is 0 Å². The zero-order valence-corrected chi connectivity index (χ0v) is 12.5. The average Bonchev–Trinajstić information content (AvgIpc) is 2.80. The molecular weight excluding hydrogens is 303 g/mol. The molecule has 1 unspecified atom stereocenters. The highest BCUT2D eigenvalue weighted by Gasteiger charge is 2.31. The molecule has 0 saturated carbocycles. The number of nitrogens with one attached hydrogen (secondary N) is 2. The number of furan rings is 1. The Labute approximate surface area is 125 Å². The van der Waals surface area contributed by atoms with E-state index >= 15 is 0 Å². The first-order chi connectivity index (χ1) is 10.1. The number of alkyl halides is 3. The minimum Gasteiger partial charge on any atom is -0.464 e. The molecule has 22 heavy (non-hydrogen) atoms. The van der Waals surface area contributed by atoms with Gasteiger partial charge >= 0.3 is 12.2 Å². The van der Waals surface area contributed by atoms with Crippen molar-refractivity contribution in [3.05, 3.63) is 23.7 Å². The molecule has 0 saturated heterocycles. The maximum Gasteiger partial charge on any atom is 0.406 e. The van der Waals surface area contributed by atoms with Gasteiger partial charge in [-0.1, -0.05) is 0 Å². The summed E-state index contributed by atoms with van der Waals surface area (Å²) in [5, 5.41) is 4.72. The van der Waals surface area contributed by atoms with Crippen LogP contribution in [-0.4, -0.2) is 43.2 Å². The predicted octanol–water partition coefficient (Wildman–Crippen LogP) is 1.97. The van der Waals surface area contributed by atoms with Crippen LogP contribution in [0.1, 0.15) is 24.5 Å². The van der Waals surface area contributed by atoms with Crippen LogP contribution in [0.2, 0.25) is 0 Å². The first kappa shape index (κ1) is 17.9. The Kier molecular flexibility index (Phi) is 5.84. The number of likely N-dealkylation sites (N-methyl/N-ethyl adjacent to an activating group) is 1. The molecular formula is C13H18F3N3O3. The Morgan fingerprint density at radius 2 is 2.00 bits per heavy atom. The average molecular weight is 321 g/mol. The van der Waals surface area contributed by atoms with Gasteiger partial charge in [0, 0.05) is 7.05 Å². The quantitative estimate of drug-likeness (QED) is 0.871. The molecule has 0 aliphatic rings. The topological polar surface area (TPSA) is 74.6 Å². The molecule has 0 fully saturated rings. The van der Waals surface area contributed by atoms with Gasteiger partial charge in [0.15, 0.2) is 0 Å². The molecule has 1 atom stereocenters. The monoisotopic (exact) mass is 321 g/mol. The summed E-state index contributed by atoms with van der Waals surface area (Å²) in [4.78, 5) is 23.5. The lowest BCUT2D eigenvalue weighted by Gasteiger charge is -2.19. The highest BCUT2D eigenvalue weighted by Crippen LogP contribution is 2.16. The van der Waals surface area contributed by atoms with Crippen LogP contribution in [-0.2, 0) is 4.79 Å². The minimum atomic E-state index is -4.47. The van der Waals surface area contributed by atoms with Gasteiger partial charge in [-0.05, 0) is 26.0 Å². The summed E-state index contributed by atoms with van der Waals surface area (Å²) >= 11 is 0. The van der Waals surface area contributed by atoms with Crippen molar-refractivity contribution in [1.82, 2.24) is 15.5 Å². The van der Waals surface area contributed by atoms with Crippen molar-refractivity contribution in [2.45, 2.75) is 26.1 Å². The molecule has 1 heterocycles. The number of carbonyl (C=O) groups is 2. The van der Waals surface area contributed by atoms with E-state index in [1.165, 1.54) is 0 Å². The summed E-state index contributed by atoms with van der Waals surface area (Å²) in [6.07, 6.45) is -4.47. The SMILES string of the molecule is Cc1ccc(C(C)NC(=O)NCC(=O)N(C)CC(F)(F)F)o1. The Morgan fingerprint density at radius 3 is 2.50 bits per heavy atom. The first-order valence-corrected chi connectivity index (χ1v) is 6.50. The van der Waals surface area contributed by atoms with Crippen LogP contribution in [0.4, 0.5) is 18.0 Å². The number of rotatable bonds is 5. The molecule has 1 rings (SSSR count). The molecule has 0 aliphatic heterocycles. The van der Waals surface area contributed by atoms with Crippen molar-refractivity contribution in [2.24, 2.45) is 0 Å². The fraction of sp³-hybridized carbons (Fsp3) is 0.538. The zero-order valence-electron chi connectivity index (χ0n) is 12.5. The van der Waals surface area contributed by atoms with E-state index in [0.717, 1.165) is 7.05 Å². The van der Waals surface area contributed by atoms with Gasteiger partial charge in [-0.2, -0.15) is 13.2 Å². The summed E-state index contributed by atoms with van der Waals surface area (Å²) in [5.74, 6) is 0.384. The van der Waals surface area contributed by atoms with Gasteiger partial charge in [0.2, 0.25) is 5.91 Å². The lowest BCUT2D eigenvalue weighted by Crippen LogP contribution is -2.45. The predicted molar refractivity (Wildman–Crippen MR) is 72.1 cm³/mol. The van der Waals surface area contributed by atoms with Gasteiger partial charge in [0.1, 0.15) is 18.1 Å². The zero-order chi connectivity index (χ0) is 16.9. The van der Waals surface area contributed by atoms with Crippen molar-refractivity contribution in [3.8, 4) is 0 Å². The second-order valence-electron chi connectivity index (χ2n) is 4.86. The van der Waals surface area contributed by atoms with Crippen molar-refractivity contribution >= 4 is 11.9 Å². The molecule has 2 N–H and O–H groups in total. The largest absolute Gasteiger partial charge is 0.464 e. The smallest absolute Gasteiger partial charge is 0.406 e. The number of nitrogens with zero attached hydrogens (tertiary/aromatic N) is 1. The molecule has 124 valence electrons. The van der Waals surface area contributed by atoms with Crippen LogP contribution in [0.3, 0.4) is 0 Å². The first-order valence-electron chi connectivity index (χ1n) is 6.50. The number of amides is 3. The van der Waals surface area contributed by atoms with Crippen LogP contribution in [0.5, 0.6) is 0 Å². The third-order valence-corrected chi connectivity index (χ3v) is 2.78. The lowest BCUT2D eigenvalue weighted by atomic mass is 10.2. The Balaban J connectivity index is 2.38.